The van der Waals surface area contributed by atoms with Crippen molar-refractivity contribution in [2.24, 2.45) is 0 Å². The third-order valence-electron chi connectivity index (χ3n) is 6.58. The number of nitrogens with zero attached hydrogens (tertiary/aromatic N) is 3. The molecule has 1 amide bonds. The number of benzene rings is 2. The topological polar surface area (TPSA) is 54.9 Å². The number of carbonyl (C=O) groups is 1. The molecular weight excluding hydrogens is 414 g/mol. The first-order valence-electron chi connectivity index (χ1n) is 11.6. The Morgan fingerprint density at radius 2 is 1.79 bits per heavy atom. The Hall–Kier alpha value is -3.38. The van der Waals surface area contributed by atoms with Gasteiger partial charge in [0.25, 0.3) is 0 Å². The van der Waals surface area contributed by atoms with Gasteiger partial charge >= 0.3 is 6.09 Å². The maximum absolute atomic E-state index is 12.5. The fraction of sp³-hybridized carbons (Fsp3) is 0.333. The predicted octanol–water partition coefficient (Wildman–Crippen LogP) is 4.74. The molecule has 0 bridgehead atoms. The summed E-state index contributed by atoms with van der Waals surface area (Å²) in [7, 11) is 1.68. The quantitative estimate of drug-likeness (QED) is 0.570. The molecule has 1 unspecified atom stereocenters. The number of piperazine rings is 1. The van der Waals surface area contributed by atoms with Crippen LogP contribution in [0.3, 0.4) is 0 Å². The van der Waals surface area contributed by atoms with Crippen LogP contribution in [0.25, 0.3) is 16.3 Å². The number of ether oxygens (including phenoxy) is 2. The van der Waals surface area contributed by atoms with Gasteiger partial charge in [0.15, 0.2) is 0 Å². The molecule has 6 nitrogen and oxygen atoms in total. The summed E-state index contributed by atoms with van der Waals surface area (Å²) in [5.74, 6) is 0.676. The number of allylic oxidation sites excluding steroid dienone is 1. The molecule has 0 radical (unpaired) electrons. The Morgan fingerprint density at radius 1 is 1.03 bits per heavy atom. The zero-order valence-corrected chi connectivity index (χ0v) is 18.9. The van der Waals surface area contributed by atoms with Crippen LogP contribution in [0.4, 0.5) is 4.79 Å². The van der Waals surface area contributed by atoms with Crippen molar-refractivity contribution in [2.75, 3.05) is 33.3 Å². The van der Waals surface area contributed by atoms with E-state index < -0.39 is 0 Å². The van der Waals surface area contributed by atoms with Gasteiger partial charge in [-0.3, -0.25) is 4.90 Å². The summed E-state index contributed by atoms with van der Waals surface area (Å²) in [6.07, 6.45) is 4.19. The van der Waals surface area contributed by atoms with E-state index in [1.807, 2.05) is 53.4 Å². The van der Waals surface area contributed by atoms with Crippen LogP contribution < -0.4 is 4.74 Å². The number of hydrogen-bond donors (Lipinski definition) is 0. The summed E-state index contributed by atoms with van der Waals surface area (Å²) < 4.78 is 11.1. The lowest BCUT2D eigenvalue weighted by atomic mass is 10.1. The predicted molar refractivity (Wildman–Crippen MR) is 129 cm³/mol. The van der Waals surface area contributed by atoms with Crippen LogP contribution >= 0.6 is 0 Å². The van der Waals surface area contributed by atoms with Crippen LogP contribution in [0.1, 0.15) is 24.1 Å². The second kappa shape index (κ2) is 9.63. The lowest BCUT2D eigenvalue weighted by molar-refractivity contribution is 0.0653. The maximum atomic E-state index is 12.5. The van der Waals surface area contributed by atoms with Gasteiger partial charge in [-0.25, -0.2) is 9.78 Å². The SMILES string of the molecule is COc1nc(C2=CC(N3CCN(C(=O)OCc4ccccc4)CC3)CC2)cc2ccccc12. The van der Waals surface area contributed by atoms with Crippen molar-refractivity contribution >= 4 is 22.4 Å². The molecule has 2 aliphatic rings. The van der Waals surface area contributed by atoms with E-state index in [2.05, 4.69) is 23.1 Å². The summed E-state index contributed by atoms with van der Waals surface area (Å²) in [4.78, 5) is 21.5. The smallest absolute Gasteiger partial charge is 0.410 e. The van der Waals surface area contributed by atoms with Gasteiger partial charge in [-0.1, -0.05) is 54.6 Å². The zero-order chi connectivity index (χ0) is 22.6. The van der Waals surface area contributed by atoms with E-state index in [0.717, 1.165) is 48.0 Å². The lowest BCUT2D eigenvalue weighted by Crippen LogP contribution is -2.51. The molecule has 2 heterocycles. The first-order valence-corrected chi connectivity index (χ1v) is 11.6. The summed E-state index contributed by atoms with van der Waals surface area (Å²) in [6.45, 7) is 3.40. The van der Waals surface area contributed by atoms with E-state index in [0.29, 0.717) is 31.6 Å². The van der Waals surface area contributed by atoms with Crippen molar-refractivity contribution in [1.82, 2.24) is 14.8 Å². The number of aromatic nitrogens is 1. The number of pyridine rings is 1. The molecule has 1 aliphatic carbocycles. The van der Waals surface area contributed by atoms with E-state index in [4.69, 9.17) is 14.5 Å². The van der Waals surface area contributed by atoms with Gasteiger partial charge in [0.05, 0.1) is 12.8 Å². The van der Waals surface area contributed by atoms with Gasteiger partial charge in [-0.05, 0) is 41.5 Å². The molecule has 3 aromatic rings. The van der Waals surface area contributed by atoms with Crippen molar-refractivity contribution in [1.29, 1.82) is 0 Å². The second-order valence-corrected chi connectivity index (χ2v) is 8.60. The zero-order valence-electron chi connectivity index (χ0n) is 18.9. The average molecular weight is 444 g/mol. The van der Waals surface area contributed by atoms with Crippen LogP contribution in [0.15, 0.2) is 66.7 Å². The van der Waals surface area contributed by atoms with Gasteiger partial charge in [0.2, 0.25) is 5.88 Å². The Morgan fingerprint density at radius 3 is 2.58 bits per heavy atom. The van der Waals surface area contributed by atoms with Crippen molar-refractivity contribution in [3.05, 3.63) is 78.0 Å². The van der Waals surface area contributed by atoms with Crippen LogP contribution in [-0.2, 0) is 11.3 Å². The number of methoxy groups -OCH3 is 1. The molecule has 170 valence electrons. The molecule has 1 fully saturated rings. The van der Waals surface area contributed by atoms with E-state index in [-0.39, 0.29) is 6.09 Å². The Kier molecular flexibility index (Phi) is 6.26. The van der Waals surface area contributed by atoms with E-state index >= 15 is 0 Å². The maximum Gasteiger partial charge on any atom is 0.410 e. The molecule has 6 heteroatoms. The molecule has 5 rings (SSSR count). The highest BCUT2D eigenvalue weighted by Crippen LogP contribution is 2.34. The molecule has 1 aliphatic heterocycles. The van der Waals surface area contributed by atoms with Gasteiger partial charge in [0, 0.05) is 37.6 Å². The van der Waals surface area contributed by atoms with Gasteiger partial charge < -0.3 is 14.4 Å². The largest absolute Gasteiger partial charge is 0.481 e. The molecule has 1 aromatic heterocycles. The highest BCUT2D eigenvalue weighted by molar-refractivity contribution is 5.89. The summed E-state index contributed by atoms with van der Waals surface area (Å²) in [5, 5.41) is 2.18. The summed E-state index contributed by atoms with van der Waals surface area (Å²) >= 11 is 0. The third-order valence-corrected chi connectivity index (χ3v) is 6.58. The molecular formula is C27H29N3O3. The standard InChI is InChI=1S/C27H29N3O3/c1-32-26-24-10-6-5-9-21(24)18-25(28-26)22-11-12-23(17-22)29-13-15-30(16-14-29)27(31)33-19-20-7-3-2-4-8-20/h2-10,17-18,23H,11-16,19H2,1H3. The van der Waals surface area contributed by atoms with Crippen molar-refractivity contribution in [3.63, 3.8) is 0 Å². The molecule has 0 saturated carbocycles. The number of fused-ring (bicyclic) bond motifs is 1. The Labute approximate surface area is 194 Å². The third kappa shape index (κ3) is 4.71. The number of amides is 1. The Balaban J connectivity index is 1.20. The van der Waals surface area contributed by atoms with E-state index in [9.17, 15) is 4.79 Å². The lowest BCUT2D eigenvalue weighted by Gasteiger charge is -2.36. The molecule has 1 saturated heterocycles. The van der Waals surface area contributed by atoms with Crippen LogP contribution in [0, 0.1) is 0 Å². The monoisotopic (exact) mass is 443 g/mol. The molecule has 2 aromatic carbocycles. The van der Waals surface area contributed by atoms with Crippen molar-refractivity contribution in [3.8, 4) is 5.88 Å². The van der Waals surface area contributed by atoms with Crippen LogP contribution in [-0.4, -0.2) is 60.2 Å². The van der Waals surface area contributed by atoms with Crippen molar-refractivity contribution in [2.45, 2.75) is 25.5 Å². The number of rotatable bonds is 5. The van der Waals surface area contributed by atoms with E-state index in [1.54, 1.807) is 7.11 Å². The minimum absolute atomic E-state index is 0.228. The minimum Gasteiger partial charge on any atom is -0.481 e. The normalized spacial score (nSPS) is 18.9. The molecule has 33 heavy (non-hydrogen) atoms. The number of carbonyl (C=O) groups excluding carboxylic acids is 1. The fourth-order valence-electron chi connectivity index (χ4n) is 4.74. The summed E-state index contributed by atoms with van der Waals surface area (Å²) in [6, 6.07) is 20.5. The van der Waals surface area contributed by atoms with Crippen LogP contribution in [0.2, 0.25) is 0 Å². The van der Waals surface area contributed by atoms with Crippen LogP contribution in [0.5, 0.6) is 5.88 Å². The van der Waals surface area contributed by atoms with Crippen molar-refractivity contribution < 1.29 is 14.3 Å². The summed E-state index contributed by atoms with van der Waals surface area (Å²) in [5.41, 5.74) is 3.27. The second-order valence-electron chi connectivity index (χ2n) is 8.60. The molecule has 0 N–H and O–H groups in total. The first kappa shape index (κ1) is 21.5. The highest BCUT2D eigenvalue weighted by atomic mass is 16.6. The fourth-order valence-corrected chi connectivity index (χ4v) is 4.74. The average Bonchev–Trinajstić information content (AvgIpc) is 3.38. The van der Waals surface area contributed by atoms with Gasteiger partial charge in [-0.15, -0.1) is 0 Å². The minimum atomic E-state index is -0.228. The van der Waals surface area contributed by atoms with E-state index in [1.165, 1.54) is 5.57 Å². The molecule has 0 spiro atoms. The first-order chi connectivity index (χ1) is 16.2. The Bertz CT molecular complexity index is 1150. The molecule has 1 atom stereocenters. The van der Waals surface area contributed by atoms with Gasteiger partial charge in [-0.2, -0.15) is 0 Å². The van der Waals surface area contributed by atoms with Gasteiger partial charge in [0.1, 0.15) is 6.61 Å². The number of hydrogen-bond acceptors (Lipinski definition) is 5. The highest BCUT2D eigenvalue weighted by Gasteiger charge is 2.29.